The zero-order chi connectivity index (χ0) is 19.8. The smallest absolute Gasteiger partial charge is 0.124 e. The van der Waals surface area contributed by atoms with Gasteiger partial charge in [0.25, 0.3) is 0 Å². The molecule has 0 heterocycles. The first-order valence-electron chi connectivity index (χ1n) is 9.13. The molecule has 146 valence electrons. The highest BCUT2D eigenvalue weighted by Gasteiger charge is 2.06. The lowest BCUT2D eigenvalue weighted by molar-refractivity contribution is 0.302. The molecule has 0 unspecified atom stereocenters. The molecule has 0 aliphatic heterocycles. The van der Waals surface area contributed by atoms with E-state index in [9.17, 15) is 0 Å². The van der Waals surface area contributed by atoms with Crippen molar-refractivity contribution in [1.29, 1.82) is 0 Å². The third-order valence-corrected chi connectivity index (χ3v) is 4.88. The van der Waals surface area contributed by atoms with E-state index in [-0.39, 0.29) is 0 Å². The molecule has 0 aliphatic carbocycles. The Hall–Kier alpha value is -2.20. The highest BCUT2D eigenvalue weighted by Crippen LogP contribution is 2.24. The van der Waals surface area contributed by atoms with Crippen molar-refractivity contribution < 1.29 is 9.47 Å². The van der Waals surface area contributed by atoms with Crippen LogP contribution in [0.25, 0.3) is 0 Å². The van der Waals surface area contributed by atoms with Gasteiger partial charge in [-0.2, -0.15) is 0 Å². The normalized spacial score (nSPS) is 10.7. The number of benzene rings is 3. The predicted molar refractivity (Wildman–Crippen MR) is 116 cm³/mol. The molecule has 0 atom stereocenters. The zero-order valence-electron chi connectivity index (χ0n) is 15.8. The number of methoxy groups -OCH3 is 1. The predicted octanol–water partition coefficient (Wildman–Crippen LogP) is 5.91. The summed E-state index contributed by atoms with van der Waals surface area (Å²) in [6.07, 6.45) is 0.936. The molecule has 28 heavy (non-hydrogen) atoms. The molecule has 0 aliphatic rings. The maximum Gasteiger partial charge on any atom is 0.124 e. The summed E-state index contributed by atoms with van der Waals surface area (Å²) in [5, 5.41) is 4.88. The van der Waals surface area contributed by atoms with Gasteiger partial charge < -0.3 is 14.8 Å². The van der Waals surface area contributed by atoms with Gasteiger partial charge in [-0.05, 0) is 66.6 Å². The summed E-state index contributed by atoms with van der Waals surface area (Å²) in [5.41, 5.74) is 3.37. The molecule has 3 aromatic carbocycles. The third kappa shape index (κ3) is 6.16. The SMILES string of the molecule is COc1ccc(CCNCc2cc(Cl)ccc2OCc2ccc(Cl)cc2)cc1. The maximum absolute atomic E-state index is 6.18. The van der Waals surface area contributed by atoms with Crippen LogP contribution in [0.3, 0.4) is 0 Å². The van der Waals surface area contributed by atoms with Crippen molar-refractivity contribution >= 4 is 23.2 Å². The van der Waals surface area contributed by atoms with E-state index in [2.05, 4.69) is 17.4 Å². The summed E-state index contributed by atoms with van der Waals surface area (Å²) in [5.74, 6) is 1.70. The monoisotopic (exact) mass is 415 g/mol. The molecule has 0 saturated carbocycles. The van der Waals surface area contributed by atoms with E-state index in [0.29, 0.717) is 18.2 Å². The van der Waals surface area contributed by atoms with Crippen molar-refractivity contribution in [1.82, 2.24) is 5.32 Å². The van der Waals surface area contributed by atoms with Crippen molar-refractivity contribution in [2.24, 2.45) is 0 Å². The fraction of sp³-hybridized carbons (Fsp3) is 0.217. The van der Waals surface area contributed by atoms with Gasteiger partial charge in [-0.3, -0.25) is 0 Å². The van der Waals surface area contributed by atoms with Crippen molar-refractivity contribution in [2.75, 3.05) is 13.7 Å². The lowest BCUT2D eigenvalue weighted by atomic mass is 10.1. The van der Waals surface area contributed by atoms with Crippen LogP contribution in [-0.4, -0.2) is 13.7 Å². The number of halogens is 2. The Morgan fingerprint density at radius 1 is 0.821 bits per heavy atom. The molecule has 5 heteroatoms. The highest BCUT2D eigenvalue weighted by atomic mass is 35.5. The van der Waals surface area contributed by atoms with Crippen LogP contribution in [0.2, 0.25) is 10.0 Å². The molecule has 3 rings (SSSR count). The minimum Gasteiger partial charge on any atom is -0.497 e. The van der Waals surface area contributed by atoms with Gasteiger partial charge in [-0.15, -0.1) is 0 Å². The summed E-state index contributed by atoms with van der Waals surface area (Å²) in [6, 6.07) is 21.5. The van der Waals surface area contributed by atoms with Crippen LogP contribution in [0.1, 0.15) is 16.7 Å². The summed E-state index contributed by atoms with van der Waals surface area (Å²) < 4.78 is 11.2. The topological polar surface area (TPSA) is 30.5 Å². The van der Waals surface area contributed by atoms with Gasteiger partial charge in [-0.1, -0.05) is 47.5 Å². The quantitative estimate of drug-likeness (QED) is 0.440. The molecule has 3 aromatic rings. The number of nitrogens with one attached hydrogen (secondary N) is 1. The second-order valence-corrected chi connectivity index (χ2v) is 7.31. The number of ether oxygens (including phenoxy) is 2. The van der Waals surface area contributed by atoms with Gasteiger partial charge in [0.1, 0.15) is 18.1 Å². The Morgan fingerprint density at radius 3 is 2.21 bits per heavy atom. The maximum atomic E-state index is 6.18. The first-order chi connectivity index (χ1) is 13.6. The lowest BCUT2D eigenvalue weighted by Gasteiger charge is -2.13. The minimum atomic E-state index is 0.484. The summed E-state index contributed by atoms with van der Waals surface area (Å²) in [6.45, 7) is 2.03. The molecule has 0 aromatic heterocycles. The van der Waals surface area contributed by atoms with Gasteiger partial charge in [0, 0.05) is 22.2 Å². The Bertz CT molecular complexity index is 880. The Morgan fingerprint density at radius 2 is 1.50 bits per heavy atom. The average molecular weight is 416 g/mol. The van der Waals surface area contributed by atoms with Crippen LogP contribution >= 0.6 is 23.2 Å². The molecule has 0 bridgehead atoms. The van der Waals surface area contributed by atoms with Crippen molar-refractivity contribution in [3.05, 3.63) is 93.5 Å². The first-order valence-corrected chi connectivity index (χ1v) is 9.89. The summed E-state index contributed by atoms with van der Waals surface area (Å²) >= 11 is 12.1. The second kappa shape index (κ2) is 10.4. The number of hydrogen-bond acceptors (Lipinski definition) is 3. The lowest BCUT2D eigenvalue weighted by Crippen LogP contribution is -2.17. The molecular weight excluding hydrogens is 393 g/mol. The van der Waals surface area contributed by atoms with Gasteiger partial charge in [0.2, 0.25) is 0 Å². The highest BCUT2D eigenvalue weighted by molar-refractivity contribution is 6.30. The van der Waals surface area contributed by atoms with E-state index in [0.717, 1.165) is 40.6 Å². The van der Waals surface area contributed by atoms with Crippen LogP contribution in [0.4, 0.5) is 0 Å². The molecule has 0 saturated heterocycles. The van der Waals surface area contributed by atoms with Gasteiger partial charge in [-0.25, -0.2) is 0 Å². The fourth-order valence-corrected chi connectivity index (χ4v) is 3.14. The molecule has 0 fully saturated rings. The molecule has 3 nitrogen and oxygen atoms in total. The van der Waals surface area contributed by atoms with Crippen LogP contribution < -0.4 is 14.8 Å². The Labute approximate surface area is 176 Å². The standard InChI is InChI=1S/C23H23Cl2NO2/c1-27-22-9-4-17(5-10-22)12-13-26-15-19-14-21(25)8-11-23(19)28-16-18-2-6-20(24)7-3-18/h2-11,14,26H,12-13,15-16H2,1H3. The van der Waals surface area contributed by atoms with Crippen LogP contribution in [0.15, 0.2) is 66.7 Å². The molecule has 0 radical (unpaired) electrons. The summed E-state index contributed by atoms with van der Waals surface area (Å²) in [4.78, 5) is 0. The van der Waals surface area contributed by atoms with E-state index in [4.69, 9.17) is 32.7 Å². The molecule has 1 N–H and O–H groups in total. The van der Waals surface area contributed by atoms with E-state index >= 15 is 0 Å². The van der Waals surface area contributed by atoms with E-state index in [1.165, 1.54) is 5.56 Å². The fourth-order valence-electron chi connectivity index (χ4n) is 2.82. The van der Waals surface area contributed by atoms with Crippen molar-refractivity contribution in [3.63, 3.8) is 0 Å². The second-order valence-electron chi connectivity index (χ2n) is 6.44. The number of hydrogen-bond donors (Lipinski definition) is 1. The largest absolute Gasteiger partial charge is 0.497 e. The zero-order valence-corrected chi connectivity index (χ0v) is 17.3. The Balaban J connectivity index is 1.53. The van der Waals surface area contributed by atoms with Gasteiger partial charge in [0.15, 0.2) is 0 Å². The first kappa shape index (κ1) is 20.5. The molecular formula is C23H23Cl2NO2. The molecule has 0 amide bonds. The van der Waals surface area contributed by atoms with Crippen LogP contribution in [0.5, 0.6) is 11.5 Å². The summed E-state index contributed by atoms with van der Waals surface area (Å²) in [7, 11) is 1.67. The van der Waals surface area contributed by atoms with Crippen LogP contribution in [-0.2, 0) is 19.6 Å². The van der Waals surface area contributed by atoms with E-state index in [1.807, 2.05) is 54.6 Å². The third-order valence-electron chi connectivity index (χ3n) is 4.40. The minimum absolute atomic E-state index is 0.484. The Kier molecular flexibility index (Phi) is 7.61. The average Bonchev–Trinajstić information content (AvgIpc) is 2.72. The molecule has 0 spiro atoms. The van der Waals surface area contributed by atoms with Gasteiger partial charge in [0.05, 0.1) is 7.11 Å². The van der Waals surface area contributed by atoms with E-state index < -0.39 is 0 Å². The van der Waals surface area contributed by atoms with Crippen LogP contribution in [0, 0.1) is 0 Å². The van der Waals surface area contributed by atoms with Crippen molar-refractivity contribution in [3.8, 4) is 11.5 Å². The van der Waals surface area contributed by atoms with Gasteiger partial charge >= 0.3 is 0 Å². The van der Waals surface area contributed by atoms with E-state index in [1.54, 1.807) is 7.11 Å². The number of rotatable bonds is 9. The van der Waals surface area contributed by atoms with Crippen molar-refractivity contribution in [2.45, 2.75) is 19.6 Å².